The molecule has 0 heterocycles. The van der Waals surface area contributed by atoms with Gasteiger partial charge in [-0.3, -0.25) is 0 Å². The Balaban J connectivity index is 2.64. The van der Waals surface area contributed by atoms with Gasteiger partial charge < -0.3 is 5.32 Å². The number of hydrogen-bond donors (Lipinski definition) is 1. The normalized spacial score (nSPS) is 13.0. The molecule has 1 nitrogen and oxygen atoms in total. The average molecular weight is 251 g/mol. The van der Waals surface area contributed by atoms with Gasteiger partial charge in [-0.2, -0.15) is 0 Å². The fraction of sp³-hybridized carbons (Fsp3) is 0.625. The van der Waals surface area contributed by atoms with Crippen LogP contribution in [-0.4, -0.2) is 12.6 Å². The largest absolute Gasteiger partial charge is 0.314 e. The molecule has 2 heteroatoms. The number of halogens is 1. The van der Waals surface area contributed by atoms with Crippen LogP contribution in [0.5, 0.6) is 0 Å². The fourth-order valence-corrected chi connectivity index (χ4v) is 2.29. The third-order valence-corrected chi connectivity index (χ3v) is 3.32. The molecule has 102 valence electrons. The summed E-state index contributed by atoms with van der Waals surface area (Å²) in [6, 6.07) is 5.66. The van der Waals surface area contributed by atoms with E-state index >= 15 is 0 Å². The lowest BCUT2D eigenvalue weighted by atomic mass is 9.92. The van der Waals surface area contributed by atoms with Crippen molar-refractivity contribution in [3.05, 3.63) is 35.1 Å². The Morgan fingerprint density at radius 3 is 2.56 bits per heavy atom. The van der Waals surface area contributed by atoms with Gasteiger partial charge in [0.25, 0.3) is 0 Å². The first-order valence-corrected chi connectivity index (χ1v) is 7.01. The van der Waals surface area contributed by atoms with Crippen molar-refractivity contribution in [3.63, 3.8) is 0 Å². The molecule has 0 radical (unpaired) electrons. The summed E-state index contributed by atoms with van der Waals surface area (Å²) < 4.78 is 13.1. The number of rotatable bonds is 7. The third-order valence-electron chi connectivity index (χ3n) is 3.32. The summed E-state index contributed by atoms with van der Waals surface area (Å²) >= 11 is 0. The zero-order chi connectivity index (χ0) is 13.5. The molecule has 0 saturated heterocycles. The van der Waals surface area contributed by atoms with Crippen LogP contribution in [0.25, 0.3) is 0 Å². The van der Waals surface area contributed by atoms with Crippen LogP contribution in [0.2, 0.25) is 0 Å². The zero-order valence-corrected chi connectivity index (χ0v) is 12.1. The molecular formula is C16H26FN. The van der Waals surface area contributed by atoms with E-state index in [-0.39, 0.29) is 5.82 Å². The number of benzene rings is 1. The molecule has 0 aromatic heterocycles. The average Bonchev–Trinajstić information content (AvgIpc) is 2.29. The van der Waals surface area contributed by atoms with Crippen LogP contribution < -0.4 is 5.32 Å². The van der Waals surface area contributed by atoms with E-state index in [2.05, 4.69) is 26.1 Å². The van der Waals surface area contributed by atoms with Crippen molar-refractivity contribution >= 4 is 0 Å². The summed E-state index contributed by atoms with van der Waals surface area (Å²) in [6.07, 6.45) is 3.46. The van der Waals surface area contributed by atoms with Gasteiger partial charge in [-0.15, -0.1) is 0 Å². The second-order valence-electron chi connectivity index (χ2n) is 5.49. The Morgan fingerprint density at radius 2 is 2.00 bits per heavy atom. The van der Waals surface area contributed by atoms with E-state index in [4.69, 9.17) is 0 Å². The van der Waals surface area contributed by atoms with Crippen LogP contribution in [0, 0.1) is 18.7 Å². The lowest BCUT2D eigenvalue weighted by molar-refractivity contribution is 0.418. The van der Waals surface area contributed by atoms with Gasteiger partial charge in [0.15, 0.2) is 0 Å². The monoisotopic (exact) mass is 251 g/mol. The highest BCUT2D eigenvalue weighted by atomic mass is 19.1. The second kappa shape index (κ2) is 7.52. The summed E-state index contributed by atoms with van der Waals surface area (Å²) in [5, 5.41) is 3.51. The van der Waals surface area contributed by atoms with Crippen LogP contribution in [0.15, 0.2) is 18.2 Å². The first kappa shape index (κ1) is 15.2. The van der Waals surface area contributed by atoms with Crippen LogP contribution in [0.4, 0.5) is 4.39 Å². The van der Waals surface area contributed by atoms with Crippen molar-refractivity contribution in [1.29, 1.82) is 0 Å². The lowest BCUT2D eigenvalue weighted by Gasteiger charge is -2.19. The van der Waals surface area contributed by atoms with E-state index in [0.717, 1.165) is 18.5 Å². The molecule has 18 heavy (non-hydrogen) atoms. The molecule has 0 bridgehead atoms. The first-order chi connectivity index (χ1) is 8.52. The molecule has 1 atom stereocenters. The van der Waals surface area contributed by atoms with E-state index in [0.29, 0.717) is 12.0 Å². The van der Waals surface area contributed by atoms with Crippen LogP contribution in [-0.2, 0) is 6.42 Å². The summed E-state index contributed by atoms with van der Waals surface area (Å²) in [6.45, 7) is 9.61. The molecule has 0 spiro atoms. The Hall–Kier alpha value is -0.890. The minimum absolute atomic E-state index is 0.136. The number of aryl methyl sites for hydroxylation is 1. The summed E-state index contributed by atoms with van der Waals surface area (Å²) in [4.78, 5) is 0. The van der Waals surface area contributed by atoms with Crippen molar-refractivity contribution in [2.75, 3.05) is 6.54 Å². The molecule has 1 rings (SSSR count). The molecule has 0 aliphatic heterocycles. The molecule has 1 aromatic rings. The maximum absolute atomic E-state index is 13.1. The molecule has 1 N–H and O–H groups in total. The Bertz CT molecular complexity index is 360. The highest BCUT2D eigenvalue weighted by Gasteiger charge is 2.11. The predicted molar refractivity (Wildman–Crippen MR) is 76.4 cm³/mol. The molecule has 0 aliphatic carbocycles. The maximum atomic E-state index is 13.1. The van der Waals surface area contributed by atoms with Crippen LogP contribution in [0.3, 0.4) is 0 Å². The van der Waals surface area contributed by atoms with Gasteiger partial charge in [0.2, 0.25) is 0 Å². The topological polar surface area (TPSA) is 12.0 Å². The van der Waals surface area contributed by atoms with Crippen LogP contribution in [0.1, 0.15) is 44.7 Å². The van der Waals surface area contributed by atoms with Gasteiger partial charge >= 0.3 is 0 Å². The fourth-order valence-electron chi connectivity index (χ4n) is 2.29. The smallest absolute Gasteiger partial charge is 0.123 e. The standard InChI is InChI=1S/C16H26FN/c1-5-6-14(11-18-12(2)3)10-15-7-8-16(17)9-13(15)4/h7-9,12,14,18H,5-6,10-11H2,1-4H3. The maximum Gasteiger partial charge on any atom is 0.123 e. The lowest BCUT2D eigenvalue weighted by Crippen LogP contribution is -2.30. The number of hydrogen-bond acceptors (Lipinski definition) is 1. The summed E-state index contributed by atoms with van der Waals surface area (Å²) in [7, 11) is 0. The number of nitrogens with one attached hydrogen (secondary N) is 1. The van der Waals surface area contributed by atoms with Crippen molar-refractivity contribution < 1.29 is 4.39 Å². The SMILES string of the molecule is CCCC(CNC(C)C)Cc1ccc(F)cc1C. The highest BCUT2D eigenvalue weighted by Crippen LogP contribution is 2.18. The molecule has 1 aromatic carbocycles. The van der Waals surface area contributed by atoms with Crippen molar-refractivity contribution in [3.8, 4) is 0 Å². The summed E-state index contributed by atoms with van der Waals surface area (Å²) in [5.74, 6) is 0.505. The Morgan fingerprint density at radius 1 is 1.28 bits per heavy atom. The second-order valence-corrected chi connectivity index (χ2v) is 5.49. The van der Waals surface area contributed by atoms with Gasteiger partial charge in [-0.05, 0) is 55.5 Å². The van der Waals surface area contributed by atoms with Gasteiger partial charge in [0.1, 0.15) is 5.82 Å². The molecular weight excluding hydrogens is 225 g/mol. The van der Waals surface area contributed by atoms with Crippen molar-refractivity contribution in [2.24, 2.45) is 5.92 Å². The van der Waals surface area contributed by atoms with Gasteiger partial charge in [-0.25, -0.2) is 4.39 Å². The quantitative estimate of drug-likeness (QED) is 0.769. The minimum atomic E-state index is -0.136. The van der Waals surface area contributed by atoms with E-state index in [1.165, 1.54) is 18.4 Å². The van der Waals surface area contributed by atoms with Crippen molar-refractivity contribution in [1.82, 2.24) is 5.32 Å². The molecule has 0 saturated carbocycles. The molecule has 1 unspecified atom stereocenters. The minimum Gasteiger partial charge on any atom is -0.314 e. The first-order valence-electron chi connectivity index (χ1n) is 7.01. The zero-order valence-electron chi connectivity index (χ0n) is 12.1. The molecule has 0 aliphatic rings. The highest BCUT2D eigenvalue weighted by molar-refractivity contribution is 5.27. The summed E-state index contributed by atoms with van der Waals surface area (Å²) in [5.41, 5.74) is 2.35. The third kappa shape index (κ3) is 5.18. The van der Waals surface area contributed by atoms with E-state index < -0.39 is 0 Å². The Kier molecular flexibility index (Phi) is 6.34. The predicted octanol–water partition coefficient (Wildman–Crippen LogP) is 4.09. The van der Waals surface area contributed by atoms with Gasteiger partial charge in [-0.1, -0.05) is 33.3 Å². The van der Waals surface area contributed by atoms with E-state index in [1.807, 2.05) is 13.0 Å². The Labute approximate surface area is 111 Å². The molecule has 0 fully saturated rings. The van der Waals surface area contributed by atoms with Crippen molar-refractivity contribution in [2.45, 2.75) is 53.0 Å². The van der Waals surface area contributed by atoms with Crippen LogP contribution >= 0.6 is 0 Å². The van der Waals surface area contributed by atoms with Gasteiger partial charge in [0.05, 0.1) is 0 Å². The van der Waals surface area contributed by atoms with E-state index in [1.54, 1.807) is 12.1 Å². The van der Waals surface area contributed by atoms with E-state index in [9.17, 15) is 4.39 Å². The molecule has 0 amide bonds. The van der Waals surface area contributed by atoms with Gasteiger partial charge in [0, 0.05) is 6.04 Å².